The quantitative estimate of drug-likeness (QED) is 0.0603. The van der Waals surface area contributed by atoms with Gasteiger partial charge >= 0.3 is 7.82 Å². The molecule has 6 aliphatic rings. The Morgan fingerprint density at radius 2 is 1.40 bits per heavy atom. The van der Waals surface area contributed by atoms with Gasteiger partial charge in [0.25, 0.3) is 0 Å². The topological polar surface area (TPSA) is 460 Å². The summed E-state index contributed by atoms with van der Waals surface area (Å²) in [7, 11) is -5.07. The number of ether oxygens (including phenoxy) is 1. The van der Waals surface area contributed by atoms with Crippen LogP contribution in [0.4, 0.5) is 0 Å². The molecule has 492 valence electrons. The van der Waals surface area contributed by atoms with E-state index in [2.05, 4.69) is 15.6 Å². The Morgan fingerprint density at radius 1 is 0.800 bits per heavy atom. The van der Waals surface area contributed by atoms with Crippen molar-refractivity contribution >= 4 is 77.3 Å². The first-order valence-electron chi connectivity index (χ1n) is 30.6. The maximum absolute atomic E-state index is 14.4. The zero-order valence-corrected chi connectivity index (χ0v) is 54.1. The van der Waals surface area contributed by atoms with Crippen LogP contribution in [0, 0.1) is 59.2 Å². The fourth-order valence-electron chi connectivity index (χ4n) is 15.4. The smallest absolute Gasteiger partial charge is 0.394 e. The summed E-state index contributed by atoms with van der Waals surface area (Å²) in [5.41, 5.74) is 37.4. The normalized spacial score (nSPS) is 33.4. The number of aliphatic hydroxyl groups excluding tert-OH is 2. The lowest BCUT2D eigenvalue weighted by Crippen LogP contribution is -2.56. The Morgan fingerprint density at radius 3 is 1.99 bits per heavy atom. The number of nitrogens with zero attached hydrogens (tertiary/aromatic N) is 5. The van der Waals surface area contributed by atoms with Crippen molar-refractivity contribution < 1.29 is 67.0 Å². The van der Waals surface area contributed by atoms with Gasteiger partial charge in [-0.1, -0.05) is 34.6 Å². The molecule has 1 aromatic carbocycles. The van der Waals surface area contributed by atoms with E-state index in [0.717, 1.165) is 11.1 Å². The molecular formula is C62H90N13O14P. The highest BCUT2D eigenvalue weighted by Gasteiger charge is 2.66. The largest absolute Gasteiger partial charge is 0.472 e. The molecule has 2 fully saturated rings. The van der Waals surface area contributed by atoms with Gasteiger partial charge < -0.3 is 69.4 Å². The van der Waals surface area contributed by atoms with Crippen molar-refractivity contribution in [2.75, 3.05) is 13.2 Å². The second kappa shape index (κ2) is 25.6. The van der Waals surface area contributed by atoms with Gasteiger partial charge in [0.15, 0.2) is 6.23 Å². The third-order valence-corrected chi connectivity index (χ3v) is 21.7. The number of aromatic nitrogens is 2. The maximum Gasteiger partial charge on any atom is 0.472 e. The minimum Gasteiger partial charge on any atom is -0.394 e. The highest BCUT2D eigenvalue weighted by molar-refractivity contribution is 7.47. The molecule has 7 amide bonds. The van der Waals surface area contributed by atoms with Gasteiger partial charge in [-0.15, -0.1) is 0 Å². The Bertz CT molecular complexity index is 3540. The minimum absolute atomic E-state index is 0.0114. The Balaban J connectivity index is 1.19. The van der Waals surface area contributed by atoms with E-state index in [0.29, 0.717) is 56.4 Å². The van der Waals surface area contributed by atoms with Crippen molar-refractivity contribution in [2.24, 2.45) is 94.7 Å². The minimum atomic E-state index is -5.07. The lowest BCUT2D eigenvalue weighted by atomic mass is 9.55. The number of carbonyl (C=O) groups excluding carboxylic acids is 7. The molecule has 0 spiro atoms. The van der Waals surface area contributed by atoms with Gasteiger partial charge in [0.1, 0.15) is 18.3 Å². The predicted octanol–water partition coefficient (Wildman–Crippen LogP) is 3.16. The second-order valence-electron chi connectivity index (χ2n) is 27.1. The number of aliphatic imine (C=N–C) groups is 3. The van der Waals surface area contributed by atoms with Crippen molar-refractivity contribution in [2.45, 2.75) is 189 Å². The van der Waals surface area contributed by atoms with E-state index in [-0.39, 0.29) is 77.2 Å². The van der Waals surface area contributed by atoms with Crippen LogP contribution < -0.4 is 45.0 Å². The molecule has 15 atom stereocenters. The van der Waals surface area contributed by atoms with Gasteiger partial charge in [-0.3, -0.25) is 57.6 Å². The van der Waals surface area contributed by atoms with Crippen LogP contribution in [0.3, 0.4) is 0 Å². The molecule has 7 heterocycles. The van der Waals surface area contributed by atoms with Crippen molar-refractivity contribution in [3.8, 4) is 0 Å². The molecular weight excluding hydrogens is 1180 g/mol. The first-order valence-corrected chi connectivity index (χ1v) is 32.1. The first kappa shape index (κ1) is 68.9. The number of phosphoric acid groups is 1. The number of allylic oxidation sites excluding steroid dienone is 6. The molecule has 28 heteroatoms. The highest BCUT2D eigenvalue weighted by atomic mass is 31.2. The molecule has 2 saturated heterocycles. The predicted molar refractivity (Wildman–Crippen MR) is 334 cm³/mol. The molecule has 0 radical (unpaired) electrons. The third-order valence-electron chi connectivity index (χ3n) is 20.6. The van der Waals surface area contributed by atoms with E-state index in [1.165, 1.54) is 13.3 Å². The van der Waals surface area contributed by atoms with Crippen LogP contribution in [0.1, 0.15) is 150 Å². The van der Waals surface area contributed by atoms with Crippen LogP contribution in [0.5, 0.6) is 0 Å². The molecule has 2 aromatic rings. The lowest BCUT2D eigenvalue weighted by molar-refractivity contribution is -0.124. The van der Waals surface area contributed by atoms with Crippen molar-refractivity contribution in [1.82, 2.24) is 20.2 Å². The van der Waals surface area contributed by atoms with Crippen LogP contribution >= 0.6 is 7.82 Å². The summed E-state index contributed by atoms with van der Waals surface area (Å²) in [6.45, 7) is 19.3. The van der Waals surface area contributed by atoms with E-state index >= 15 is 0 Å². The van der Waals surface area contributed by atoms with Crippen LogP contribution in [-0.2, 0) is 51.9 Å². The Labute approximate surface area is 523 Å². The number of fused-ring (bicyclic) bond motifs is 7. The molecule has 2 unspecified atom stereocenters. The highest BCUT2D eigenvalue weighted by Crippen LogP contribution is 2.63. The van der Waals surface area contributed by atoms with Crippen LogP contribution in [0.25, 0.3) is 11.0 Å². The molecule has 8 bridgehead atoms. The number of imidazole rings is 1. The van der Waals surface area contributed by atoms with Gasteiger partial charge in [0.05, 0.1) is 41.7 Å². The van der Waals surface area contributed by atoms with Gasteiger partial charge in [-0.2, -0.15) is 0 Å². The van der Waals surface area contributed by atoms with Crippen LogP contribution in [-0.4, -0.2) is 132 Å². The van der Waals surface area contributed by atoms with Crippen molar-refractivity contribution in [1.29, 1.82) is 0 Å². The number of hydrogen-bond acceptors (Lipinski definition) is 18. The van der Waals surface area contributed by atoms with Gasteiger partial charge in [0.2, 0.25) is 41.4 Å². The summed E-state index contributed by atoms with van der Waals surface area (Å²) < 4.78 is 32.3. The summed E-state index contributed by atoms with van der Waals surface area (Å²) in [5.74, 6) is -7.18. The summed E-state index contributed by atoms with van der Waals surface area (Å²) in [4.78, 5) is 126. The van der Waals surface area contributed by atoms with E-state index in [1.54, 1.807) is 4.57 Å². The molecule has 90 heavy (non-hydrogen) atoms. The number of hydrogen-bond donors (Lipinski definition) is 11. The number of amides is 7. The van der Waals surface area contributed by atoms with Crippen molar-refractivity contribution in [3.63, 3.8) is 0 Å². The molecule has 8 rings (SSSR count). The number of primary amides is 6. The zero-order valence-electron chi connectivity index (χ0n) is 53.3. The molecule has 17 N–H and O–H groups in total. The van der Waals surface area contributed by atoms with E-state index in [9.17, 15) is 53.2 Å². The number of benzene rings is 1. The van der Waals surface area contributed by atoms with E-state index in [4.69, 9.17) is 63.2 Å². The summed E-state index contributed by atoms with van der Waals surface area (Å²) in [5, 5.41) is 28.2. The summed E-state index contributed by atoms with van der Waals surface area (Å²) in [6, 6.07) is 2.70. The number of nitrogens with one attached hydrogen (secondary N) is 2. The third kappa shape index (κ3) is 13.0. The fraction of sp³-hybridized carbons (Fsp3) is 0.629. The number of rotatable bonds is 26. The number of carbonyl (C=O) groups is 7. The average molecular weight is 1270 g/mol. The molecule has 0 aliphatic carbocycles. The van der Waals surface area contributed by atoms with Gasteiger partial charge in [-0.05, 0) is 108 Å². The number of nitrogens with two attached hydrogens (primary N) is 6. The van der Waals surface area contributed by atoms with Crippen LogP contribution in [0.15, 0.2) is 67.8 Å². The van der Waals surface area contributed by atoms with Crippen molar-refractivity contribution in [3.05, 3.63) is 63.9 Å². The Hall–Kier alpha value is -7.00. The van der Waals surface area contributed by atoms with E-state index in [1.807, 2.05) is 87.4 Å². The number of aryl methyl sites for hydroxylation is 2. The summed E-state index contributed by atoms with van der Waals surface area (Å²) >= 11 is 0. The maximum atomic E-state index is 14.4. The van der Waals surface area contributed by atoms with E-state index < -0.39 is 143 Å². The van der Waals surface area contributed by atoms with Gasteiger partial charge in [0, 0.05) is 131 Å². The van der Waals surface area contributed by atoms with Crippen LogP contribution in [0.2, 0.25) is 0 Å². The molecule has 0 saturated carbocycles. The standard InChI is InChI=1S/C62H90N13O14P/c1-29-20-39-40(21-30(29)2)75(28-70-39)57-52(84)53(41(27-76)87-57)89-90(85,86)88-31(3)26-69-49(83)18-19-59(8)37(22-46(66)80)56-62(11)61(10,25-48(68)82)36(14-17-45(65)79)51(74-62)33(5)55-60(9,24-47(67)81)34(12-15-43(63)77)38(71-55)23-42-58(6,7)35(13-16-44(64)78)50(72-42)32(4)54(59)73-56/h20-21,23,28,31,34-37,41,52-53,56-57,71,76,84H,12-19,22,24-27H2,1-11H3,(H2,63,77)(H2,64,78)(H2,65,79)(H2,66,80)(H2,67,81)(H2,68,82)(H,69,83)(H,85,86)/b38-23+,50-32-,55-33?/t31?,34-,35-,36-,37+,41-,52-,53-,56-,57+,59-,60+,61+,62+/m1/s1. The number of phosphoric ester groups is 1. The fourth-order valence-corrected chi connectivity index (χ4v) is 16.6. The summed E-state index contributed by atoms with van der Waals surface area (Å²) in [6.07, 6.45) is -4.26. The first-order chi connectivity index (χ1) is 41.8. The number of aliphatic hydroxyl groups is 2. The zero-order chi connectivity index (χ0) is 66.7. The monoisotopic (exact) mass is 1270 g/mol. The average Bonchev–Trinajstić information content (AvgIpc) is 1.53. The van der Waals surface area contributed by atoms with Gasteiger partial charge in [-0.25, -0.2) is 9.55 Å². The molecule has 6 aliphatic heterocycles. The lowest BCUT2D eigenvalue weighted by Gasteiger charge is -2.48. The molecule has 27 nitrogen and oxygen atoms in total. The molecule has 1 aromatic heterocycles. The SMILES string of the molecule is CC1=C2N/C(=C/C3=NC(=C(/C)C4=N[C@H]([C@H](CC(N)=O)[C@@]4(C)CCC(=O)NCC(C)OP(=O)(O)O[C@H]4[C@@H](O)[C@@H](n5cnc6cc(C)c(C)cc65)O[C@@H]4CO)[C@]4(C)N=C1[C@@H](CCC(N)=O)[C@]4(C)CC(N)=O)/[C@@H](CCC(N)=O)C3(C)C)[C@@H](CCC(N)=O)[C@]2(C)CC(N)=O. The Kier molecular flexibility index (Phi) is 19.6. The second-order valence-corrected chi connectivity index (χ2v) is 28.4.